The Bertz CT molecular complexity index is 1030. The minimum Gasteiger partial charge on any atom is -0.351 e. The highest BCUT2D eigenvalue weighted by Crippen LogP contribution is 2.36. The van der Waals surface area contributed by atoms with Gasteiger partial charge in [-0.2, -0.15) is 5.10 Å². The molecule has 1 saturated carbocycles. The summed E-state index contributed by atoms with van der Waals surface area (Å²) in [6, 6.07) is 9.94. The Kier molecular flexibility index (Phi) is 6.63. The maximum atomic E-state index is 13.9. The van der Waals surface area contributed by atoms with Crippen molar-refractivity contribution in [3.63, 3.8) is 0 Å². The van der Waals surface area contributed by atoms with Crippen LogP contribution < -0.4 is 10.2 Å². The van der Waals surface area contributed by atoms with Gasteiger partial charge in [-0.3, -0.25) is 19.2 Å². The molecule has 1 aromatic heterocycles. The lowest BCUT2D eigenvalue weighted by Crippen LogP contribution is -2.65. The van der Waals surface area contributed by atoms with E-state index < -0.39 is 5.54 Å². The Morgan fingerprint density at radius 3 is 2.48 bits per heavy atom. The smallest absolute Gasteiger partial charge is 0.277 e. The van der Waals surface area contributed by atoms with E-state index in [1.165, 1.54) is 12.8 Å². The number of hydrogen-bond acceptors (Lipinski definition) is 4. The van der Waals surface area contributed by atoms with E-state index in [9.17, 15) is 9.59 Å². The molecule has 2 amide bonds. The lowest BCUT2D eigenvalue weighted by molar-refractivity contribution is -0.127. The fourth-order valence-electron chi connectivity index (χ4n) is 4.87. The van der Waals surface area contributed by atoms with Crippen molar-refractivity contribution in [1.82, 2.24) is 15.1 Å². The van der Waals surface area contributed by atoms with Gasteiger partial charge in [-0.15, -0.1) is 11.8 Å². The molecule has 7 heteroatoms. The highest BCUT2D eigenvalue weighted by Gasteiger charge is 2.49. The van der Waals surface area contributed by atoms with E-state index in [0.29, 0.717) is 12.2 Å². The van der Waals surface area contributed by atoms with Crippen LogP contribution in [0.25, 0.3) is 0 Å². The van der Waals surface area contributed by atoms with Gasteiger partial charge in [0.1, 0.15) is 11.2 Å². The number of hydrogen-bond donors (Lipinski definition) is 1. The highest BCUT2D eigenvalue weighted by atomic mass is 32.2. The van der Waals surface area contributed by atoms with Crippen molar-refractivity contribution in [1.29, 1.82) is 0 Å². The number of carbonyl (C=O) groups is 2. The minimum atomic E-state index is -1.07. The molecule has 178 valence electrons. The number of nitrogens with one attached hydrogen (secondary N) is 1. The van der Waals surface area contributed by atoms with Gasteiger partial charge in [0, 0.05) is 22.0 Å². The van der Waals surface area contributed by atoms with E-state index in [1.54, 1.807) is 21.3 Å². The van der Waals surface area contributed by atoms with Gasteiger partial charge in [0.2, 0.25) is 5.91 Å². The highest BCUT2D eigenvalue weighted by molar-refractivity contribution is 7.98. The van der Waals surface area contributed by atoms with Crippen LogP contribution in [0.4, 0.5) is 5.69 Å². The Hall–Kier alpha value is -2.28. The molecule has 0 unspecified atom stereocenters. The standard InChI is InChI=1S/C26H36N4O2S/c1-25(2,3)22-16-21-23(31)30(19-13-10-14-20(15-19)33-5)26(4,17-29(21)28-22)24(32)27-18-11-8-6-7-9-12-18/h10,13-16,18H,6-9,11-12,17H2,1-5H3,(H,27,32)/t26-/m0/s1. The second-order valence-electron chi connectivity index (χ2n) is 10.6. The van der Waals surface area contributed by atoms with Gasteiger partial charge < -0.3 is 5.32 Å². The van der Waals surface area contributed by atoms with Gasteiger partial charge in [0.15, 0.2) is 0 Å². The zero-order valence-corrected chi connectivity index (χ0v) is 21.3. The molecule has 6 nitrogen and oxygen atoms in total. The van der Waals surface area contributed by atoms with Crippen molar-refractivity contribution >= 4 is 29.3 Å². The molecule has 0 radical (unpaired) electrons. The first kappa shape index (κ1) is 23.9. The van der Waals surface area contributed by atoms with E-state index >= 15 is 0 Å². The Balaban J connectivity index is 1.76. The summed E-state index contributed by atoms with van der Waals surface area (Å²) in [4.78, 5) is 30.5. The summed E-state index contributed by atoms with van der Waals surface area (Å²) in [5.74, 6) is -0.281. The summed E-state index contributed by atoms with van der Waals surface area (Å²) in [6.07, 6.45) is 8.73. The average Bonchev–Trinajstić information content (AvgIpc) is 3.04. The molecule has 1 N–H and O–H groups in total. The molecular formula is C26H36N4O2S. The molecular weight excluding hydrogens is 432 g/mol. The topological polar surface area (TPSA) is 67.2 Å². The second kappa shape index (κ2) is 9.16. The third-order valence-electron chi connectivity index (χ3n) is 6.91. The summed E-state index contributed by atoms with van der Waals surface area (Å²) < 4.78 is 1.74. The van der Waals surface area contributed by atoms with Gasteiger partial charge in [0.25, 0.3) is 5.91 Å². The van der Waals surface area contributed by atoms with Crippen LogP contribution in [0.5, 0.6) is 0 Å². The van der Waals surface area contributed by atoms with Gasteiger partial charge in [-0.25, -0.2) is 0 Å². The van der Waals surface area contributed by atoms with E-state index in [2.05, 4.69) is 26.1 Å². The predicted molar refractivity (Wildman–Crippen MR) is 134 cm³/mol. The molecule has 1 aliphatic heterocycles. The van der Waals surface area contributed by atoms with Crippen LogP contribution in [0.15, 0.2) is 35.2 Å². The molecule has 2 aliphatic rings. The van der Waals surface area contributed by atoms with Gasteiger partial charge >= 0.3 is 0 Å². The summed E-state index contributed by atoms with van der Waals surface area (Å²) in [6.45, 7) is 8.47. The SMILES string of the molecule is CSc1cccc(N2C(=O)c3cc(C(C)(C)C)nn3C[C@@]2(C)C(=O)NC2CCCCCC2)c1. The number of anilines is 1. The van der Waals surface area contributed by atoms with Crippen LogP contribution in [0, 0.1) is 0 Å². The fraction of sp³-hybridized carbons (Fsp3) is 0.577. The molecule has 0 saturated heterocycles. The lowest BCUT2D eigenvalue weighted by Gasteiger charge is -2.43. The first-order valence-electron chi connectivity index (χ1n) is 12.0. The predicted octanol–water partition coefficient (Wildman–Crippen LogP) is 5.16. The van der Waals surface area contributed by atoms with Crippen molar-refractivity contribution in [2.75, 3.05) is 11.2 Å². The average molecular weight is 469 g/mol. The number of benzene rings is 1. The van der Waals surface area contributed by atoms with Gasteiger partial charge in [-0.1, -0.05) is 52.5 Å². The normalized spacial score (nSPS) is 22.1. The minimum absolute atomic E-state index is 0.101. The molecule has 0 spiro atoms. The Labute approximate surface area is 201 Å². The zero-order valence-electron chi connectivity index (χ0n) is 20.5. The van der Waals surface area contributed by atoms with Crippen LogP contribution in [0.3, 0.4) is 0 Å². The number of rotatable bonds is 4. The Morgan fingerprint density at radius 1 is 1.15 bits per heavy atom. The number of amides is 2. The third kappa shape index (κ3) is 4.70. The van der Waals surface area contributed by atoms with Crippen LogP contribution in [0.1, 0.15) is 82.4 Å². The maximum Gasteiger partial charge on any atom is 0.277 e. The largest absolute Gasteiger partial charge is 0.351 e. The second-order valence-corrected chi connectivity index (χ2v) is 11.5. The molecule has 1 aliphatic carbocycles. The summed E-state index contributed by atoms with van der Waals surface area (Å²) in [5.41, 5.74) is 0.878. The summed E-state index contributed by atoms with van der Waals surface area (Å²) in [7, 11) is 0. The lowest BCUT2D eigenvalue weighted by atomic mass is 9.91. The molecule has 1 atom stereocenters. The number of carbonyl (C=O) groups excluding carboxylic acids is 2. The van der Waals surface area contributed by atoms with Crippen molar-refractivity contribution < 1.29 is 9.59 Å². The molecule has 1 fully saturated rings. The maximum absolute atomic E-state index is 13.9. The van der Waals surface area contributed by atoms with Crippen LogP contribution in [-0.4, -0.2) is 39.4 Å². The molecule has 0 bridgehead atoms. The first-order chi connectivity index (χ1) is 15.6. The summed E-state index contributed by atoms with van der Waals surface area (Å²) >= 11 is 1.62. The molecule has 4 rings (SSSR count). The van der Waals surface area contributed by atoms with Crippen LogP contribution in [-0.2, 0) is 16.8 Å². The fourth-order valence-corrected chi connectivity index (χ4v) is 5.32. The molecule has 1 aromatic carbocycles. The molecule has 2 heterocycles. The third-order valence-corrected chi connectivity index (χ3v) is 7.64. The molecule has 33 heavy (non-hydrogen) atoms. The van der Waals surface area contributed by atoms with Crippen molar-refractivity contribution in [3.05, 3.63) is 41.7 Å². The van der Waals surface area contributed by atoms with Crippen LogP contribution in [0.2, 0.25) is 0 Å². The van der Waals surface area contributed by atoms with Crippen molar-refractivity contribution in [2.24, 2.45) is 0 Å². The van der Waals surface area contributed by atoms with E-state index in [4.69, 9.17) is 5.10 Å². The van der Waals surface area contributed by atoms with E-state index in [1.807, 2.05) is 43.5 Å². The monoisotopic (exact) mass is 468 g/mol. The zero-order chi connectivity index (χ0) is 23.8. The van der Waals surface area contributed by atoms with Crippen molar-refractivity contribution in [3.8, 4) is 0 Å². The van der Waals surface area contributed by atoms with Crippen LogP contribution >= 0.6 is 11.8 Å². The van der Waals surface area contributed by atoms with E-state index in [-0.39, 0.29) is 23.3 Å². The quantitative estimate of drug-likeness (QED) is 0.497. The number of thioether (sulfide) groups is 1. The number of nitrogens with zero attached hydrogens (tertiary/aromatic N) is 3. The number of aromatic nitrogens is 2. The van der Waals surface area contributed by atoms with Gasteiger partial charge in [0.05, 0.1) is 12.2 Å². The first-order valence-corrected chi connectivity index (χ1v) is 13.2. The van der Waals surface area contributed by atoms with E-state index in [0.717, 1.165) is 42.0 Å². The van der Waals surface area contributed by atoms with Gasteiger partial charge in [-0.05, 0) is 50.3 Å². The molecule has 2 aromatic rings. The Morgan fingerprint density at radius 2 is 1.85 bits per heavy atom. The van der Waals surface area contributed by atoms with Crippen molar-refractivity contribution in [2.45, 2.75) is 94.7 Å². The summed E-state index contributed by atoms with van der Waals surface area (Å²) in [5, 5.41) is 8.07. The number of fused-ring (bicyclic) bond motifs is 1.